The van der Waals surface area contributed by atoms with E-state index in [9.17, 15) is 4.79 Å². The van der Waals surface area contributed by atoms with E-state index in [0.717, 1.165) is 19.5 Å². The molecule has 1 aliphatic rings. The normalized spacial score (nSPS) is 16.6. The second-order valence-electron chi connectivity index (χ2n) is 2.29. The first kappa shape index (κ1) is 8.04. The second-order valence-corrected chi connectivity index (χ2v) is 2.29. The molecule has 0 bridgehead atoms. The fourth-order valence-electron chi connectivity index (χ4n) is 0.759. The van der Waals surface area contributed by atoms with Gasteiger partial charge in [0, 0.05) is 19.5 Å². The molecule has 1 aliphatic heterocycles. The summed E-state index contributed by atoms with van der Waals surface area (Å²) in [6.07, 6.45) is 1.40. The number of esters is 1. The summed E-state index contributed by atoms with van der Waals surface area (Å²) in [5.74, 6) is -0.238. The van der Waals surface area contributed by atoms with Gasteiger partial charge in [0.1, 0.15) is 0 Å². The molecule has 0 aromatic carbocycles. The number of carbonyl (C=O) groups is 1. The fourth-order valence-corrected chi connectivity index (χ4v) is 0.759. The van der Waals surface area contributed by atoms with Crippen LogP contribution in [0.1, 0.15) is 19.8 Å². The van der Waals surface area contributed by atoms with Gasteiger partial charge in [-0.3, -0.25) is 4.79 Å². The Morgan fingerprint density at radius 1 is 1.82 bits per heavy atom. The fraction of sp³-hybridized carbons (Fsp3) is 0.714. The summed E-state index contributed by atoms with van der Waals surface area (Å²) < 4.78 is 4.84. The van der Waals surface area contributed by atoms with Crippen molar-refractivity contribution >= 4 is 12.0 Å². The van der Waals surface area contributed by atoms with Gasteiger partial charge in [-0.05, 0) is 6.42 Å². The molecule has 4 nitrogen and oxygen atoms in total. The lowest BCUT2D eigenvalue weighted by molar-refractivity contribution is -0.135. The topological polar surface area (TPSA) is 50.7 Å². The smallest absolute Gasteiger partial charge is 0.313 e. The van der Waals surface area contributed by atoms with Gasteiger partial charge in [0.2, 0.25) is 0 Å². The standard InChI is InChI=1S/C7H12N2O2/c1-2-6(10)11-7-8-4-3-5-9-7/h2-5H2,1H3,(H,8,9). The van der Waals surface area contributed by atoms with Crippen LogP contribution >= 0.6 is 0 Å². The third-order valence-corrected chi connectivity index (χ3v) is 1.37. The quantitative estimate of drug-likeness (QED) is 0.555. The highest BCUT2D eigenvalue weighted by molar-refractivity contribution is 5.87. The van der Waals surface area contributed by atoms with Crippen LogP contribution in [0.25, 0.3) is 0 Å². The highest BCUT2D eigenvalue weighted by atomic mass is 16.6. The minimum atomic E-state index is -0.238. The van der Waals surface area contributed by atoms with Crippen LogP contribution in [0.2, 0.25) is 0 Å². The van der Waals surface area contributed by atoms with Crippen LogP contribution in [0.5, 0.6) is 0 Å². The molecule has 62 valence electrons. The van der Waals surface area contributed by atoms with Gasteiger partial charge in [-0.25, -0.2) is 4.99 Å². The van der Waals surface area contributed by atoms with Gasteiger partial charge < -0.3 is 10.1 Å². The molecule has 0 aromatic heterocycles. The number of hydrogen-bond acceptors (Lipinski definition) is 4. The highest BCUT2D eigenvalue weighted by Gasteiger charge is 2.08. The molecule has 0 fully saturated rings. The number of ether oxygens (including phenoxy) is 1. The number of aliphatic imine (C=N–C) groups is 1. The van der Waals surface area contributed by atoms with Crippen molar-refractivity contribution < 1.29 is 9.53 Å². The lowest BCUT2D eigenvalue weighted by Gasteiger charge is -2.12. The average Bonchev–Trinajstić information content (AvgIpc) is 2.06. The molecule has 0 unspecified atom stereocenters. The Morgan fingerprint density at radius 2 is 2.64 bits per heavy atom. The van der Waals surface area contributed by atoms with Crippen LogP contribution in [-0.4, -0.2) is 25.1 Å². The van der Waals surface area contributed by atoms with E-state index in [4.69, 9.17) is 4.74 Å². The Hall–Kier alpha value is -1.06. The minimum absolute atomic E-state index is 0.238. The number of carbonyl (C=O) groups excluding carboxylic acids is 1. The molecule has 1 rings (SSSR count). The molecule has 0 amide bonds. The Labute approximate surface area is 65.6 Å². The molecule has 0 aromatic rings. The van der Waals surface area contributed by atoms with Crippen LogP contribution in [-0.2, 0) is 9.53 Å². The van der Waals surface area contributed by atoms with Gasteiger partial charge >= 0.3 is 5.97 Å². The summed E-state index contributed by atoms with van der Waals surface area (Å²) in [6, 6.07) is 0.378. The summed E-state index contributed by atoms with van der Waals surface area (Å²) in [4.78, 5) is 14.7. The number of hydrogen-bond donors (Lipinski definition) is 1. The Morgan fingerprint density at radius 3 is 3.18 bits per heavy atom. The van der Waals surface area contributed by atoms with Crippen LogP contribution in [0.15, 0.2) is 4.99 Å². The molecule has 0 atom stereocenters. The van der Waals surface area contributed by atoms with Gasteiger partial charge in [0.25, 0.3) is 6.02 Å². The molecule has 0 saturated heterocycles. The van der Waals surface area contributed by atoms with Gasteiger partial charge in [0.05, 0.1) is 0 Å². The average molecular weight is 156 g/mol. The number of rotatable bonds is 1. The first-order chi connectivity index (χ1) is 5.33. The molecule has 1 heterocycles. The maximum atomic E-state index is 10.7. The van der Waals surface area contributed by atoms with Gasteiger partial charge in [0.15, 0.2) is 0 Å². The van der Waals surface area contributed by atoms with Crippen molar-refractivity contribution in [1.82, 2.24) is 5.32 Å². The Kier molecular flexibility index (Phi) is 2.89. The van der Waals surface area contributed by atoms with Crippen molar-refractivity contribution in [2.75, 3.05) is 13.1 Å². The Bertz CT molecular complexity index is 177. The zero-order valence-electron chi connectivity index (χ0n) is 6.59. The lowest BCUT2D eigenvalue weighted by atomic mass is 10.4. The van der Waals surface area contributed by atoms with E-state index in [-0.39, 0.29) is 5.97 Å². The third-order valence-electron chi connectivity index (χ3n) is 1.37. The maximum Gasteiger partial charge on any atom is 0.313 e. The summed E-state index contributed by atoms with van der Waals surface area (Å²) in [6.45, 7) is 3.35. The number of nitrogens with one attached hydrogen (secondary N) is 1. The summed E-state index contributed by atoms with van der Waals surface area (Å²) in [5, 5.41) is 2.89. The first-order valence-electron chi connectivity index (χ1n) is 3.82. The number of amidine groups is 1. The minimum Gasteiger partial charge on any atom is -0.393 e. The van der Waals surface area contributed by atoms with E-state index in [1.54, 1.807) is 6.92 Å². The van der Waals surface area contributed by atoms with Crippen LogP contribution in [0.3, 0.4) is 0 Å². The van der Waals surface area contributed by atoms with E-state index in [1.165, 1.54) is 0 Å². The molecule has 11 heavy (non-hydrogen) atoms. The maximum absolute atomic E-state index is 10.7. The van der Waals surface area contributed by atoms with Crippen molar-refractivity contribution in [3.05, 3.63) is 0 Å². The van der Waals surface area contributed by atoms with Crippen LogP contribution in [0, 0.1) is 0 Å². The number of nitrogens with zero attached hydrogens (tertiary/aromatic N) is 1. The molecule has 0 radical (unpaired) electrons. The van der Waals surface area contributed by atoms with E-state index < -0.39 is 0 Å². The predicted molar refractivity (Wildman–Crippen MR) is 41.3 cm³/mol. The van der Waals surface area contributed by atoms with Crippen molar-refractivity contribution in [2.24, 2.45) is 4.99 Å². The third kappa shape index (κ3) is 2.57. The lowest BCUT2D eigenvalue weighted by Crippen LogP contribution is -2.33. The Balaban J connectivity index is 2.35. The molecule has 0 aliphatic carbocycles. The molecular formula is C7H12N2O2. The molecule has 0 saturated carbocycles. The van der Waals surface area contributed by atoms with Crippen molar-refractivity contribution in [3.8, 4) is 0 Å². The zero-order valence-corrected chi connectivity index (χ0v) is 6.59. The van der Waals surface area contributed by atoms with E-state index in [2.05, 4.69) is 10.3 Å². The summed E-state index contributed by atoms with van der Waals surface area (Å²) in [5.41, 5.74) is 0. The highest BCUT2D eigenvalue weighted by Crippen LogP contribution is 1.92. The van der Waals surface area contributed by atoms with Crippen molar-refractivity contribution in [3.63, 3.8) is 0 Å². The molecular weight excluding hydrogens is 144 g/mol. The van der Waals surface area contributed by atoms with Crippen LogP contribution in [0.4, 0.5) is 0 Å². The molecule has 0 spiro atoms. The first-order valence-corrected chi connectivity index (χ1v) is 3.82. The monoisotopic (exact) mass is 156 g/mol. The van der Waals surface area contributed by atoms with Crippen LogP contribution < -0.4 is 5.32 Å². The van der Waals surface area contributed by atoms with Gasteiger partial charge in [-0.2, -0.15) is 0 Å². The SMILES string of the molecule is CCC(=O)OC1=NCCCN1. The summed E-state index contributed by atoms with van der Waals surface area (Å²) in [7, 11) is 0. The van der Waals surface area contributed by atoms with E-state index in [1.807, 2.05) is 0 Å². The predicted octanol–water partition coefficient (Wildman–Crippen LogP) is 0.289. The largest absolute Gasteiger partial charge is 0.393 e. The van der Waals surface area contributed by atoms with Crippen molar-refractivity contribution in [2.45, 2.75) is 19.8 Å². The molecule has 1 N–H and O–H groups in total. The zero-order chi connectivity index (χ0) is 8.10. The van der Waals surface area contributed by atoms with Gasteiger partial charge in [-0.1, -0.05) is 6.92 Å². The summed E-state index contributed by atoms with van der Waals surface area (Å²) >= 11 is 0. The van der Waals surface area contributed by atoms with Crippen molar-refractivity contribution in [1.29, 1.82) is 0 Å². The van der Waals surface area contributed by atoms with E-state index >= 15 is 0 Å². The second kappa shape index (κ2) is 3.95. The van der Waals surface area contributed by atoms with E-state index in [0.29, 0.717) is 12.4 Å². The molecule has 4 heteroatoms. The van der Waals surface area contributed by atoms with Gasteiger partial charge in [-0.15, -0.1) is 0 Å².